The predicted octanol–water partition coefficient (Wildman–Crippen LogP) is 2.35. The van der Waals surface area contributed by atoms with Gasteiger partial charge in [-0.3, -0.25) is 4.79 Å². The molecule has 96 valence electrons. The van der Waals surface area contributed by atoms with E-state index in [4.69, 9.17) is 16.9 Å². The first kappa shape index (κ1) is 14.3. The van der Waals surface area contributed by atoms with Gasteiger partial charge in [0.15, 0.2) is 0 Å². The molecule has 0 saturated heterocycles. The van der Waals surface area contributed by atoms with Crippen molar-refractivity contribution in [3.8, 4) is 6.07 Å². The Morgan fingerprint density at radius 1 is 1.67 bits per heavy atom. The summed E-state index contributed by atoms with van der Waals surface area (Å²) in [5.74, 6) is -0.936. The average molecular weight is 275 g/mol. The number of alkyl halides is 3. The monoisotopic (exact) mass is 274 g/mol. The molecule has 0 aromatic carbocycles. The number of nitriles is 1. The first-order chi connectivity index (χ1) is 8.54. The van der Waals surface area contributed by atoms with Crippen molar-refractivity contribution in [1.29, 1.82) is 5.26 Å². The van der Waals surface area contributed by atoms with Gasteiger partial charge in [-0.15, -0.1) is 11.6 Å². The lowest BCUT2D eigenvalue weighted by Gasteiger charge is -2.12. The Bertz CT molecular complexity index is 501. The molecule has 1 aromatic rings. The lowest BCUT2D eigenvalue weighted by Crippen LogP contribution is -2.11. The molecule has 0 atom stereocenters. The van der Waals surface area contributed by atoms with Crippen LogP contribution in [0.4, 0.5) is 8.78 Å². The minimum atomic E-state index is -2.84. The molecule has 18 heavy (non-hydrogen) atoms. The van der Waals surface area contributed by atoms with Gasteiger partial charge in [0, 0.05) is 17.3 Å². The van der Waals surface area contributed by atoms with E-state index >= 15 is 0 Å². The van der Waals surface area contributed by atoms with Crippen molar-refractivity contribution in [2.45, 2.75) is 18.7 Å². The van der Waals surface area contributed by atoms with Crippen LogP contribution < -0.4 is 0 Å². The third-order valence-electron chi connectivity index (χ3n) is 2.33. The van der Waals surface area contributed by atoms with E-state index in [2.05, 4.69) is 9.72 Å². The second-order valence-electron chi connectivity index (χ2n) is 3.32. The number of carbonyl (C=O) groups is 1. The third kappa shape index (κ3) is 2.93. The van der Waals surface area contributed by atoms with Crippen LogP contribution in [0.2, 0.25) is 0 Å². The molecule has 0 radical (unpaired) electrons. The number of nitrogens with zero attached hydrogens (tertiary/aromatic N) is 2. The molecular weight excluding hydrogens is 266 g/mol. The average Bonchev–Trinajstić information content (AvgIpc) is 2.37. The van der Waals surface area contributed by atoms with Crippen molar-refractivity contribution in [1.82, 2.24) is 4.98 Å². The maximum atomic E-state index is 13.0. The van der Waals surface area contributed by atoms with Crippen LogP contribution in [0.25, 0.3) is 0 Å². The first-order valence-corrected chi connectivity index (χ1v) is 5.40. The standard InChI is InChI=1S/C11H9ClF2N2O2/c1-18-9(17)2-6-5-16-8(4-15)7(3-12)10(6)11(13)14/h5,11H,2-3H2,1H3. The molecule has 0 saturated carbocycles. The third-order valence-corrected chi connectivity index (χ3v) is 2.59. The fourth-order valence-electron chi connectivity index (χ4n) is 1.48. The molecule has 0 amide bonds. The van der Waals surface area contributed by atoms with Crippen LogP contribution in [0.15, 0.2) is 6.20 Å². The van der Waals surface area contributed by atoms with E-state index in [1.165, 1.54) is 0 Å². The van der Waals surface area contributed by atoms with Crippen LogP contribution in [0, 0.1) is 11.3 Å². The number of esters is 1. The van der Waals surface area contributed by atoms with Crippen molar-refractivity contribution in [3.63, 3.8) is 0 Å². The zero-order chi connectivity index (χ0) is 13.7. The van der Waals surface area contributed by atoms with Gasteiger partial charge in [0.25, 0.3) is 6.43 Å². The van der Waals surface area contributed by atoms with Crippen LogP contribution in [0.5, 0.6) is 0 Å². The van der Waals surface area contributed by atoms with E-state index in [9.17, 15) is 13.6 Å². The molecule has 0 aliphatic carbocycles. The summed E-state index contributed by atoms with van der Waals surface area (Å²) in [6, 6.07) is 1.69. The van der Waals surface area contributed by atoms with Gasteiger partial charge in [-0.05, 0) is 5.56 Å². The number of methoxy groups -OCH3 is 1. The van der Waals surface area contributed by atoms with Crippen LogP contribution in [-0.2, 0) is 21.8 Å². The van der Waals surface area contributed by atoms with E-state index in [-0.39, 0.29) is 29.1 Å². The molecule has 0 aliphatic heterocycles. The summed E-state index contributed by atoms with van der Waals surface area (Å²) in [7, 11) is 1.16. The fourth-order valence-corrected chi connectivity index (χ4v) is 1.75. The highest BCUT2D eigenvalue weighted by atomic mass is 35.5. The Kier molecular flexibility index (Phi) is 4.98. The minimum Gasteiger partial charge on any atom is -0.469 e. The van der Waals surface area contributed by atoms with Gasteiger partial charge >= 0.3 is 5.97 Å². The Labute approximate surface area is 107 Å². The van der Waals surface area contributed by atoms with Crippen molar-refractivity contribution < 1.29 is 18.3 Å². The number of carbonyl (C=O) groups excluding carboxylic acids is 1. The summed E-state index contributed by atoms with van der Waals surface area (Å²) < 4.78 is 30.4. The number of rotatable bonds is 4. The summed E-state index contributed by atoms with van der Waals surface area (Å²) in [4.78, 5) is 14.8. The quantitative estimate of drug-likeness (QED) is 0.624. The fraction of sp³-hybridized carbons (Fsp3) is 0.364. The van der Waals surface area contributed by atoms with Crippen molar-refractivity contribution in [2.75, 3.05) is 7.11 Å². The summed E-state index contributed by atoms with van der Waals surface area (Å²) in [6.45, 7) is 0. The van der Waals surface area contributed by atoms with Gasteiger partial charge in [-0.25, -0.2) is 13.8 Å². The number of ether oxygens (including phenoxy) is 1. The number of hydrogen-bond acceptors (Lipinski definition) is 4. The maximum Gasteiger partial charge on any atom is 0.310 e. The maximum absolute atomic E-state index is 13.0. The van der Waals surface area contributed by atoms with Gasteiger partial charge in [-0.1, -0.05) is 0 Å². The van der Waals surface area contributed by atoms with Crippen LogP contribution >= 0.6 is 11.6 Å². The molecule has 0 fully saturated rings. The topological polar surface area (TPSA) is 63.0 Å². The van der Waals surface area contributed by atoms with E-state index < -0.39 is 18.0 Å². The second kappa shape index (κ2) is 6.26. The van der Waals surface area contributed by atoms with Crippen molar-refractivity contribution in [3.05, 3.63) is 28.6 Å². The molecule has 1 rings (SSSR count). The second-order valence-corrected chi connectivity index (χ2v) is 3.59. The number of hydrogen-bond donors (Lipinski definition) is 0. The van der Waals surface area contributed by atoms with Crippen molar-refractivity contribution in [2.24, 2.45) is 0 Å². The molecule has 0 spiro atoms. The highest BCUT2D eigenvalue weighted by molar-refractivity contribution is 6.17. The molecule has 0 aliphatic rings. The van der Waals surface area contributed by atoms with Crippen LogP contribution in [0.1, 0.15) is 28.8 Å². The SMILES string of the molecule is COC(=O)Cc1cnc(C#N)c(CCl)c1C(F)F. The lowest BCUT2D eigenvalue weighted by molar-refractivity contribution is -0.139. The smallest absolute Gasteiger partial charge is 0.310 e. The highest BCUT2D eigenvalue weighted by Crippen LogP contribution is 2.29. The first-order valence-electron chi connectivity index (χ1n) is 4.86. The van der Waals surface area contributed by atoms with Gasteiger partial charge < -0.3 is 4.74 Å². The predicted molar refractivity (Wildman–Crippen MR) is 59.2 cm³/mol. The van der Waals surface area contributed by atoms with Crippen LogP contribution in [0.3, 0.4) is 0 Å². The van der Waals surface area contributed by atoms with Crippen molar-refractivity contribution >= 4 is 17.6 Å². The molecule has 0 N–H and O–H groups in total. The zero-order valence-corrected chi connectivity index (χ0v) is 10.2. The van der Waals surface area contributed by atoms with E-state index in [0.29, 0.717) is 0 Å². The summed E-state index contributed by atoms with van der Waals surface area (Å²) >= 11 is 5.56. The Hall–Kier alpha value is -1.74. The Morgan fingerprint density at radius 2 is 2.33 bits per heavy atom. The minimum absolute atomic E-state index is 0.0199. The Balaban J connectivity index is 3.35. The highest BCUT2D eigenvalue weighted by Gasteiger charge is 2.22. The number of halogens is 3. The van der Waals surface area contributed by atoms with Gasteiger partial charge in [0.1, 0.15) is 11.8 Å². The molecule has 0 bridgehead atoms. The summed E-state index contributed by atoms with van der Waals surface area (Å²) in [6.07, 6.45) is -2.10. The number of aromatic nitrogens is 1. The summed E-state index contributed by atoms with van der Waals surface area (Å²) in [5, 5.41) is 8.77. The lowest BCUT2D eigenvalue weighted by atomic mass is 10.0. The van der Waals surface area contributed by atoms with Crippen LogP contribution in [-0.4, -0.2) is 18.1 Å². The normalized spacial score (nSPS) is 10.2. The summed E-state index contributed by atoms with van der Waals surface area (Å²) in [5.41, 5.74) is -0.599. The Morgan fingerprint density at radius 3 is 2.78 bits per heavy atom. The van der Waals surface area contributed by atoms with E-state index in [1.54, 1.807) is 6.07 Å². The largest absolute Gasteiger partial charge is 0.469 e. The zero-order valence-electron chi connectivity index (χ0n) is 9.41. The molecule has 1 aromatic heterocycles. The van der Waals surface area contributed by atoms with E-state index in [1.807, 2.05) is 0 Å². The number of pyridine rings is 1. The molecule has 4 nitrogen and oxygen atoms in total. The molecule has 7 heteroatoms. The van der Waals surface area contributed by atoms with Gasteiger partial charge in [-0.2, -0.15) is 5.26 Å². The molecular formula is C11H9ClF2N2O2. The van der Waals surface area contributed by atoms with Gasteiger partial charge in [0.2, 0.25) is 0 Å². The van der Waals surface area contributed by atoms with E-state index in [0.717, 1.165) is 13.3 Å². The molecule has 0 unspecified atom stereocenters. The molecule has 1 heterocycles. The van der Waals surface area contributed by atoms with Gasteiger partial charge in [0.05, 0.1) is 19.4 Å².